The Bertz CT molecular complexity index is 1300. The minimum atomic E-state index is -0.237. The number of nitrogen functional groups attached to an aromatic ring is 1. The normalized spacial score (nSPS) is 14.5. The maximum absolute atomic E-state index is 14.7. The second-order valence-electron chi connectivity index (χ2n) is 8.87. The lowest BCUT2D eigenvalue weighted by atomic mass is 10.2. The molecule has 0 aliphatic carbocycles. The molecular weight excluding hydrogens is 463 g/mol. The second kappa shape index (κ2) is 10.4. The van der Waals surface area contributed by atoms with Crippen LogP contribution in [-0.4, -0.2) is 77.4 Å². The molecule has 0 spiro atoms. The van der Waals surface area contributed by atoms with Gasteiger partial charge in [0, 0.05) is 58.4 Å². The molecule has 1 aliphatic heterocycles. The summed E-state index contributed by atoms with van der Waals surface area (Å²) >= 11 is 0. The van der Waals surface area contributed by atoms with Gasteiger partial charge in [-0.15, -0.1) is 5.10 Å². The number of piperazine rings is 1. The van der Waals surface area contributed by atoms with Crippen LogP contribution in [-0.2, 0) is 0 Å². The van der Waals surface area contributed by atoms with Crippen molar-refractivity contribution in [1.82, 2.24) is 24.5 Å². The van der Waals surface area contributed by atoms with Gasteiger partial charge >= 0.3 is 0 Å². The van der Waals surface area contributed by atoms with Crippen molar-refractivity contribution in [1.29, 1.82) is 0 Å². The van der Waals surface area contributed by atoms with Gasteiger partial charge in [-0.3, -0.25) is 4.90 Å². The average Bonchev–Trinajstić information content (AvgIpc) is 3.57. The Morgan fingerprint density at radius 3 is 2.69 bits per heavy atom. The molecule has 4 aromatic rings. The minimum absolute atomic E-state index is 0.237. The summed E-state index contributed by atoms with van der Waals surface area (Å²) in [7, 11) is 1.98. The van der Waals surface area contributed by atoms with Gasteiger partial charge in [0.15, 0.2) is 11.4 Å². The highest BCUT2D eigenvalue weighted by atomic mass is 19.1. The summed E-state index contributed by atoms with van der Waals surface area (Å²) in [5.41, 5.74) is 7.39. The molecule has 0 saturated carbocycles. The monoisotopic (exact) mass is 494 g/mol. The molecule has 0 bridgehead atoms. The number of hydrogen-bond acceptors (Lipinski definition) is 9. The molecule has 36 heavy (non-hydrogen) atoms. The van der Waals surface area contributed by atoms with E-state index in [1.807, 2.05) is 32.2 Å². The van der Waals surface area contributed by atoms with Crippen molar-refractivity contribution in [3.8, 4) is 17.3 Å². The van der Waals surface area contributed by atoms with Crippen LogP contribution in [0.4, 0.5) is 21.8 Å². The molecule has 190 valence electrons. The van der Waals surface area contributed by atoms with Crippen LogP contribution in [0.15, 0.2) is 47.1 Å². The Balaban J connectivity index is 1.16. The summed E-state index contributed by atoms with van der Waals surface area (Å²) < 4.78 is 27.1. The smallest absolute Gasteiger partial charge is 0.225 e. The Morgan fingerprint density at radius 2 is 1.97 bits per heavy atom. The van der Waals surface area contributed by atoms with Crippen molar-refractivity contribution >= 4 is 23.1 Å². The van der Waals surface area contributed by atoms with Crippen LogP contribution in [0.2, 0.25) is 0 Å². The first-order chi connectivity index (χ1) is 17.5. The molecule has 0 atom stereocenters. The number of ether oxygens (including phenoxy) is 1. The molecule has 0 amide bonds. The number of aromatic nitrogens is 4. The molecule has 1 aliphatic rings. The van der Waals surface area contributed by atoms with E-state index >= 15 is 0 Å². The molecule has 3 aromatic heterocycles. The topological polar surface area (TPSA) is 101 Å². The van der Waals surface area contributed by atoms with E-state index in [0.717, 1.165) is 51.5 Å². The summed E-state index contributed by atoms with van der Waals surface area (Å²) in [4.78, 5) is 15.6. The third-order valence-electron chi connectivity index (χ3n) is 6.33. The Kier molecular flexibility index (Phi) is 6.90. The molecule has 1 saturated heterocycles. The van der Waals surface area contributed by atoms with Crippen LogP contribution >= 0.6 is 0 Å². The fourth-order valence-electron chi connectivity index (χ4n) is 4.28. The van der Waals surface area contributed by atoms with Crippen LogP contribution in [0.25, 0.3) is 17.2 Å². The molecule has 0 radical (unpaired) electrons. The van der Waals surface area contributed by atoms with Gasteiger partial charge in [-0.1, -0.05) is 6.92 Å². The van der Waals surface area contributed by atoms with E-state index in [0.29, 0.717) is 35.3 Å². The molecule has 10 nitrogen and oxygen atoms in total. The van der Waals surface area contributed by atoms with Crippen LogP contribution in [0.5, 0.6) is 5.75 Å². The number of halogens is 1. The zero-order valence-electron chi connectivity index (χ0n) is 20.6. The number of nitrogens with two attached hydrogens (primary N) is 1. The molecule has 2 N–H and O–H groups in total. The van der Waals surface area contributed by atoms with Gasteiger partial charge in [0.1, 0.15) is 17.4 Å². The zero-order chi connectivity index (χ0) is 25.1. The quantitative estimate of drug-likeness (QED) is 0.376. The van der Waals surface area contributed by atoms with Crippen LogP contribution in [0, 0.1) is 5.82 Å². The Labute approximate surface area is 209 Å². The van der Waals surface area contributed by atoms with Crippen LogP contribution in [0.1, 0.15) is 13.3 Å². The van der Waals surface area contributed by atoms with Gasteiger partial charge in [0.25, 0.3) is 0 Å². The number of fused-ring (bicyclic) bond motifs is 1. The second-order valence-corrected chi connectivity index (χ2v) is 8.87. The fourth-order valence-corrected chi connectivity index (χ4v) is 4.28. The van der Waals surface area contributed by atoms with Crippen LogP contribution in [0.3, 0.4) is 0 Å². The largest absolute Gasteiger partial charge is 0.493 e. The first-order valence-electron chi connectivity index (χ1n) is 12.2. The van der Waals surface area contributed by atoms with Crippen molar-refractivity contribution in [3.63, 3.8) is 0 Å². The third-order valence-corrected chi connectivity index (χ3v) is 6.33. The van der Waals surface area contributed by atoms with Gasteiger partial charge in [0.2, 0.25) is 11.8 Å². The number of benzene rings is 1. The molecule has 0 unspecified atom stereocenters. The number of furan rings is 1. The van der Waals surface area contributed by atoms with Gasteiger partial charge in [-0.25, -0.2) is 9.37 Å². The van der Waals surface area contributed by atoms with Crippen molar-refractivity contribution < 1.29 is 13.5 Å². The van der Waals surface area contributed by atoms with E-state index < -0.39 is 0 Å². The molecular formula is C25H31FN8O2. The maximum atomic E-state index is 14.7. The molecule has 4 heterocycles. The zero-order valence-corrected chi connectivity index (χ0v) is 20.6. The number of nitrogens with zero attached hydrogens (tertiary/aromatic N) is 7. The third kappa shape index (κ3) is 5.06. The Hall–Kier alpha value is -3.86. The highest BCUT2D eigenvalue weighted by molar-refractivity contribution is 5.59. The predicted molar refractivity (Wildman–Crippen MR) is 137 cm³/mol. The summed E-state index contributed by atoms with van der Waals surface area (Å²) in [6.45, 7) is 7.48. The summed E-state index contributed by atoms with van der Waals surface area (Å²) in [6.07, 6.45) is 2.48. The predicted octanol–water partition coefficient (Wildman–Crippen LogP) is 3.15. The van der Waals surface area contributed by atoms with Crippen molar-refractivity contribution in [2.24, 2.45) is 0 Å². The first kappa shape index (κ1) is 23.9. The number of rotatable bonds is 9. The van der Waals surface area contributed by atoms with Gasteiger partial charge in [-0.05, 0) is 30.7 Å². The summed E-state index contributed by atoms with van der Waals surface area (Å²) in [5, 5.41) is 4.39. The molecule has 11 heteroatoms. The lowest BCUT2D eigenvalue weighted by Gasteiger charge is -2.37. The lowest BCUT2D eigenvalue weighted by molar-refractivity contribution is 0.263. The van der Waals surface area contributed by atoms with Crippen molar-refractivity contribution in [2.45, 2.75) is 13.3 Å². The minimum Gasteiger partial charge on any atom is -0.493 e. The van der Waals surface area contributed by atoms with Gasteiger partial charge in [-0.2, -0.15) is 9.50 Å². The average molecular weight is 495 g/mol. The first-order valence-corrected chi connectivity index (χ1v) is 12.2. The highest BCUT2D eigenvalue weighted by Gasteiger charge is 2.21. The Morgan fingerprint density at radius 1 is 1.14 bits per heavy atom. The summed E-state index contributed by atoms with van der Waals surface area (Å²) in [6, 6.07) is 10.6. The number of hydrogen-bond donors (Lipinski definition) is 1. The molecule has 5 rings (SSSR count). The lowest BCUT2D eigenvalue weighted by Crippen LogP contribution is -2.48. The van der Waals surface area contributed by atoms with Crippen LogP contribution < -0.4 is 20.3 Å². The number of likely N-dealkylation sites (N-methyl/N-ethyl adjacent to an activating group) is 1. The van der Waals surface area contributed by atoms with Crippen molar-refractivity contribution in [2.75, 3.05) is 68.5 Å². The molecule has 1 fully saturated rings. The van der Waals surface area contributed by atoms with E-state index in [9.17, 15) is 4.39 Å². The standard InChI is InChI=1S/C25H31FN8O2/c1-3-14-35-18-6-7-20(19(26)16-18)33-12-10-32(11-13-33)9-8-31(2)22-17-23-28-24(21-5-4-15-36-21)30-34(23)25(27)29-22/h4-7,15-17H,3,8-14H2,1-2H3,(H2,27,29). The maximum Gasteiger partial charge on any atom is 0.225 e. The fraction of sp³-hybridized carbons (Fsp3) is 0.400. The van der Waals surface area contributed by atoms with E-state index in [1.165, 1.54) is 10.6 Å². The summed E-state index contributed by atoms with van der Waals surface area (Å²) in [5.74, 6) is 2.37. The van der Waals surface area contributed by atoms with Gasteiger partial charge in [0.05, 0.1) is 18.6 Å². The van der Waals surface area contributed by atoms with E-state index in [4.69, 9.17) is 14.9 Å². The van der Waals surface area contributed by atoms with E-state index in [2.05, 4.69) is 29.8 Å². The highest BCUT2D eigenvalue weighted by Crippen LogP contribution is 2.25. The molecule has 1 aromatic carbocycles. The van der Waals surface area contributed by atoms with E-state index in [-0.39, 0.29) is 11.8 Å². The van der Waals surface area contributed by atoms with Gasteiger partial charge < -0.3 is 24.7 Å². The van der Waals surface area contributed by atoms with E-state index in [1.54, 1.807) is 18.4 Å². The SMILES string of the molecule is CCCOc1ccc(N2CCN(CCN(C)c3cc4nc(-c5ccco5)nn4c(N)n3)CC2)c(F)c1. The van der Waals surface area contributed by atoms with Crippen molar-refractivity contribution in [3.05, 3.63) is 48.5 Å². The number of anilines is 3.